The number of hydrogen-bond acceptors (Lipinski definition) is 2. The summed E-state index contributed by atoms with van der Waals surface area (Å²) in [5.41, 5.74) is 1.29. The van der Waals surface area contributed by atoms with E-state index in [2.05, 4.69) is 36.2 Å². The molecule has 1 fully saturated rings. The second-order valence-electron chi connectivity index (χ2n) is 5.45. The third-order valence-electron chi connectivity index (χ3n) is 3.55. The van der Waals surface area contributed by atoms with Crippen LogP contribution in [0.2, 0.25) is 5.02 Å². The van der Waals surface area contributed by atoms with Gasteiger partial charge in [0.05, 0.1) is 0 Å². The van der Waals surface area contributed by atoms with Crippen molar-refractivity contribution in [2.75, 3.05) is 26.2 Å². The molecule has 1 N–H and O–H groups in total. The Labute approximate surface area is 140 Å². The fraction of sp³-hybridized carbons (Fsp3) is 0.600. The first-order valence-electron chi connectivity index (χ1n) is 6.87. The zero-order chi connectivity index (χ0) is 13.0. The van der Waals surface area contributed by atoms with Crippen molar-refractivity contribution in [3.8, 4) is 0 Å². The van der Waals surface area contributed by atoms with Gasteiger partial charge in [-0.25, -0.2) is 0 Å². The molecule has 0 aliphatic carbocycles. The van der Waals surface area contributed by atoms with E-state index in [0.29, 0.717) is 12.0 Å². The summed E-state index contributed by atoms with van der Waals surface area (Å²) in [4.78, 5) is 2.57. The largest absolute Gasteiger partial charge is 0.314 e. The molecule has 0 radical (unpaired) electrons. The predicted octanol–water partition coefficient (Wildman–Crippen LogP) is 4.18. The zero-order valence-corrected chi connectivity index (χ0v) is 14.5. The number of rotatable bonds is 4. The average Bonchev–Trinajstić information content (AvgIpc) is 2.38. The Bertz CT molecular complexity index is 379. The van der Waals surface area contributed by atoms with Crippen LogP contribution in [0.5, 0.6) is 0 Å². The van der Waals surface area contributed by atoms with Crippen LogP contribution in [0.3, 0.4) is 0 Å². The normalized spacial score (nSPS) is 17.2. The highest BCUT2D eigenvalue weighted by atomic mass is 35.5. The van der Waals surface area contributed by atoms with Gasteiger partial charge in [-0.05, 0) is 24.0 Å². The van der Waals surface area contributed by atoms with Crippen LogP contribution >= 0.6 is 36.4 Å². The van der Waals surface area contributed by atoms with Crippen LogP contribution in [0.1, 0.15) is 31.9 Å². The van der Waals surface area contributed by atoms with Crippen molar-refractivity contribution in [2.24, 2.45) is 5.92 Å². The van der Waals surface area contributed by atoms with Gasteiger partial charge in [0.25, 0.3) is 0 Å². The third kappa shape index (κ3) is 5.42. The van der Waals surface area contributed by atoms with Gasteiger partial charge in [0, 0.05) is 37.2 Å². The molecule has 1 aliphatic heterocycles. The molecule has 0 spiro atoms. The summed E-state index contributed by atoms with van der Waals surface area (Å²) in [6.45, 7) is 8.96. The van der Waals surface area contributed by atoms with Crippen LogP contribution in [0.15, 0.2) is 24.3 Å². The lowest BCUT2D eigenvalue weighted by Crippen LogP contribution is -2.45. The number of nitrogens with zero attached hydrogens (tertiary/aromatic N) is 1. The molecule has 1 aliphatic rings. The fourth-order valence-corrected chi connectivity index (χ4v) is 2.92. The van der Waals surface area contributed by atoms with Gasteiger partial charge >= 0.3 is 0 Å². The monoisotopic (exact) mass is 338 g/mol. The van der Waals surface area contributed by atoms with Gasteiger partial charge in [0.1, 0.15) is 0 Å². The molecular weight excluding hydrogens is 315 g/mol. The summed E-state index contributed by atoms with van der Waals surface area (Å²) in [5.74, 6) is 0.682. The van der Waals surface area contributed by atoms with Crippen LogP contribution < -0.4 is 5.32 Å². The molecule has 2 rings (SSSR count). The number of halogens is 3. The van der Waals surface area contributed by atoms with Crippen LogP contribution in [0.4, 0.5) is 0 Å². The minimum atomic E-state index is 0. The van der Waals surface area contributed by atoms with E-state index >= 15 is 0 Å². The third-order valence-corrected chi connectivity index (χ3v) is 3.90. The Kier molecular flexibility index (Phi) is 9.86. The second-order valence-corrected chi connectivity index (χ2v) is 5.86. The molecule has 1 saturated heterocycles. The zero-order valence-electron chi connectivity index (χ0n) is 12.1. The highest BCUT2D eigenvalue weighted by molar-refractivity contribution is 6.31. The molecule has 1 aromatic carbocycles. The quantitative estimate of drug-likeness (QED) is 0.885. The van der Waals surface area contributed by atoms with Gasteiger partial charge in [0.15, 0.2) is 0 Å². The Morgan fingerprint density at radius 2 is 1.75 bits per heavy atom. The number of benzene rings is 1. The van der Waals surface area contributed by atoms with Crippen LogP contribution in [0.25, 0.3) is 0 Å². The standard InChI is InChI=1S/C15H23ClN2.2ClH/c1-12(2)11-15(18-9-7-17-8-10-18)13-5-3-4-6-14(13)16;;/h3-6,12,15,17H,7-11H2,1-2H3;2*1H/t15-;;/m0../s1. The Morgan fingerprint density at radius 3 is 2.30 bits per heavy atom. The molecule has 1 aromatic rings. The summed E-state index contributed by atoms with van der Waals surface area (Å²) in [6.07, 6.45) is 1.17. The van der Waals surface area contributed by atoms with Crippen molar-refractivity contribution in [3.05, 3.63) is 34.9 Å². The maximum Gasteiger partial charge on any atom is 0.0453 e. The summed E-state index contributed by atoms with van der Waals surface area (Å²) >= 11 is 6.38. The highest BCUT2D eigenvalue weighted by Gasteiger charge is 2.24. The van der Waals surface area contributed by atoms with Gasteiger partial charge in [-0.2, -0.15) is 0 Å². The number of nitrogens with one attached hydrogen (secondary N) is 1. The van der Waals surface area contributed by atoms with Crippen molar-refractivity contribution in [1.29, 1.82) is 0 Å². The first-order chi connectivity index (χ1) is 8.68. The summed E-state index contributed by atoms with van der Waals surface area (Å²) in [7, 11) is 0. The molecule has 116 valence electrons. The number of piperazine rings is 1. The minimum absolute atomic E-state index is 0. The maximum absolute atomic E-state index is 6.38. The van der Waals surface area contributed by atoms with Crippen molar-refractivity contribution in [1.82, 2.24) is 10.2 Å². The highest BCUT2D eigenvalue weighted by Crippen LogP contribution is 2.32. The second kappa shape index (κ2) is 9.86. The smallest absolute Gasteiger partial charge is 0.0453 e. The van der Waals surface area contributed by atoms with E-state index in [1.807, 2.05) is 12.1 Å². The van der Waals surface area contributed by atoms with E-state index in [1.165, 1.54) is 12.0 Å². The number of hydrogen-bond donors (Lipinski definition) is 1. The summed E-state index contributed by atoms with van der Waals surface area (Å²) < 4.78 is 0. The van der Waals surface area contributed by atoms with Gasteiger partial charge < -0.3 is 5.32 Å². The SMILES string of the molecule is CC(C)C[C@@H](c1ccccc1Cl)N1CCNCC1.Cl.Cl. The maximum atomic E-state index is 6.38. The molecular formula is C15H25Cl3N2. The van der Waals surface area contributed by atoms with Crippen molar-refractivity contribution >= 4 is 36.4 Å². The first-order valence-corrected chi connectivity index (χ1v) is 7.25. The van der Waals surface area contributed by atoms with Crippen LogP contribution in [-0.2, 0) is 0 Å². The molecule has 20 heavy (non-hydrogen) atoms. The van der Waals surface area contributed by atoms with E-state index in [4.69, 9.17) is 11.6 Å². The van der Waals surface area contributed by atoms with Crippen LogP contribution in [-0.4, -0.2) is 31.1 Å². The van der Waals surface area contributed by atoms with Crippen molar-refractivity contribution < 1.29 is 0 Å². The molecule has 0 bridgehead atoms. The molecule has 0 amide bonds. The minimum Gasteiger partial charge on any atom is -0.314 e. The Hall–Kier alpha value is 0.01000. The summed E-state index contributed by atoms with van der Waals surface area (Å²) in [5, 5.41) is 4.32. The van der Waals surface area contributed by atoms with E-state index < -0.39 is 0 Å². The molecule has 2 nitrogen and oxygen atoms in total. The van der Waals surface area contributed by atoms with Crippen molar-refractivity contribution in [3.63, 3.8) is 0 Å². The van der Waals surface area contributed by atoms with Crippen molar-refractivity contribution in [2.45, 2.75) is 26.3 Å². The van der Waals surface area contributed by atoms with E-state index in [-0.39, 0.29) is 24.8 Å². The Morgan fingerprint density at radius 1 is 1.15 bits per heavy atom. The predicted molar refractivity (Wildman–Crippen MR) is 92.6 cm³/mol. The van der Waals surface area contributed by atoms with Gasteiger partial charge in [0.2, 0.25) is 0 Å². The van der Waals surface area contributed by atoms with Crippen LogP contribution in [0, 0.1) is 5.92 Å². The fourth-order valence-electron chi connectivity index (χ4n) is 2.66. The van der Waals surface area contributed by atoms with E-state index in [9.17, 15) is 0 Å². The molecule has 0 aromatic heterocycles. The van der Waals surface area contributed by atoms with Gasteiger partial charge in [-0.1, -0.05) is 43.6 Å². The van der Waals surface area contributed by atoms with Gasteiger partial charge in [-0.15, -0.1) is 24.8 Å². The van der Waals surface area contributed by atoms with Gasteiger partial charge in [-0.3, -0.25) is 4.90 Å². The lowest BCUT2D eigenvalue weighted by atomic mass is 9.95. The summed E-state index contributed by atoms with van der Waals surface area (Å²) in [6, 6.07) is 8.75. The van der Waals surface area contributed by atoms with E-state index in [1.54, 1.807) is 0 Å². The molecule has 1 heterocycles. The van der Waals surface area contributed by atoms with E-state index in [0.717, 1.165) is 31.2 Å². The molecule has 0 unspecified atom stereocenters. The Balaban J connectivity index is 0.00000180. The molecule has 5 heteroatoms. The topological polar surface area (TPSA) is 15.3 Å². The molecule has 0 saturated carbocycles. The first kappa shape index (κ1) is 20.0. The average molecular weight is 340 g/mol. The molecule has 1 atom stereocenters. The lowest BCUT2D eigenvalue weighted by molar-refractivity contribution is 0.154. The lowest BCUT2D eigenvalue weighted by Gasteiger charge is -2.36.